The number of pyridine rings is 1. The minimum Gasteiger partial charge on any atom is -0.309 e. The highest BCUT2D eigenvalue weighted by Gasteiger charge is 2.24. The molecule has 0 atom stereocenters. The van der Waals surface area contributed by atoms with Gasteiger partial charge in [-0.2, -0.15) is 0 Å². The van der Waals surface area contributed by atoms with Crippen LogP contribution in [0.2, 0.25) is 0 Å². The van der Waals surface area contributed by atoms with E-state index in [-0.39, 0.29) is 0 Å². The van der Waals surface area contributed by atoms with E-state index in [1.807, 2.05) is 12.4 Å². The van der Waals surface area contributed by atoms with Crippen LogP contribution in [0.3, 0.4) is 0 Å². The molecule has 30 aromatic rings. The van der Waals surface area contributed by atoms with Gasteiger partial charge in [0, 0.05) is 111 Å². The maximum Gasteiger partial charge on any atom is 0.0547 e. The molecule has 7 aromatic heterocycles. The molecule has 0 saturated heterocycles. The van der Waals surface area contributed by atoms with E-state index in [2.05, 4.69) is 584 Å². The first-order valence-corrected chi connectivity index (χ1v) is 50.7. The molecule has 23 aromatic carbocycles. The summed E-state index contributed by atoms with van der Waals surface area (Å²) in [6, 6.07) is 200. The van der Waals surface area contributed by atoms with Crippen molar-refractivity contribution >= 4 is 142 Å². The molecule has 0 aliphatic rings. The Balaban J connectivity index is 0.000000107. The molecule has 7 heteroatoms. The SMILES string of the molecule is c1ccc(-c2ccc(-n3c4ccccc4c4ccc(-c5ccc6c(c5)c5ccccc5n6-c5ccc(-c6ccncc6)cc5)cc43)cc2)cc1.c1ccc(-c2ccc(-n3c4ccccc4c4ccc(-c5ccc6c(c5)c5ccccc5n6-c5ccc6ccccc6c5)cc43)cc2)cc1.c1ccc(-c2ccc(-n3c4ccccc4c4ccc(-c5ccc6c(c5)c5ccccc5n6-c5cccc(-c6ccccc6)c5)cc43)cc2)cc1. The summed E-state index contributed by atoms with van der Waals surface area (Å²) in [4.78, 5) is 4.18. The minimum absolute atomic E-state index is 1.14. The van der Waals surface area contributed by atoms with E-state index < -0.39 is 0 Å². The molecule has 0 unspecified atom stereocenters. The van der Waals surface area contributed by atoms with Gasteiger partial charge in [-0.1, -0.05) is 376 Å². The number of fused-ring (bicyclic) bond motifs is 19. The van der Waals surface area contributed by atoms with Crippen molar-refractivity contribution in [1.82, 2.24) is 32.4 Å². The lowest BCUT2D eigenvalue weighted by Crippen LogP contribution is -1.94. The summed E-state index contributed by atoms with van der Waals surface area (Å²) in [5, 5.41) is 17.6. The highest BCUT2D eigenvalue weighted by atomic mass is 15.0. The van der Waals surface area contributed by atoms with Gasteiger partial charge in [0.15, 0.2) is 0 Å². The lowest BCUT2D eigenvalue weighted by molar-refractivity contribution is 1.18. The summed E-state index contributed by atoms with van der Waals surface area (Å²) in [7, 11) is 0. The molecule has 0 saturated carbocycles. The fourth-order valence-electron chi connectivity index (χ4n) is 23.0. The Morgan fingerprint density at radius 1 is 0.101 bits per heavy atom. The predicted molar refractivity (Wildman–Crippen MR) is 624 cm³/mol. The minimum atomic E-state index is 1.14. The molecule has 0 radical (unpaired) electrons. The van der Waals surface area contributed by atoms with Gasteiger partial charge >= 0.3 is 0 Å². The van der Waals surface area contributed by atoms with Crippen LogP contribution in [0.4, 0.5) is 0 Å². The normalized spacial score (nSPS) is 11.6. The molecule has 148 heavy (non-hydrogen) atoms. The highest BCUT2D eigenvalue weighted by Crippen LogP contribution is 2.46. The molecule has 0 N–H and O–H groups in total. The first-order valence-electron chi connectivity index (χ1n) is 50.7. The van der Waals surface area contributed by atoms with Crippen LogP contribution >= 0.6 is 0 Å². The van der Waals surface area contributed by atoms with Crippen LogP contribution in [0.5, 0.6) is 0 Å². The van der Waals surface area contributed by atoms with E-state index in [0.29, 0.717) is 0 Å². The van der Waals surface area contributed by atoms with Crippen LogP contribution in [0.15, 0.2) is 564 Å². The summed E-state index contributed by atoms with van der Waals surface area (Å²) in [6.45, 7) is 0. The topological polar surface area (TPSA) is 42.5 Å². The van der Waals surface area contributed by atoms with E-state index in [0.717, 1.165) is 28.4 Å². The summed E-state index contributed by atoms with van der Waals surface area (Å²) in [5.74, 6) is 0. The van der Waals surface area contributed by atoms with Gasteiger partial charge in [-0.3, -0.25) is 4.98 Å². The summed E-state index contributed by atoms with van der Waals surface area (Å²) >= 11 is 0. The van der Waals surface area contributed by atoms with Gasteiger partial charge in [-0.25, -0.2) is 0 Å². The van der Waals surface area contributed by atoms with E-state index in [1.54, 1.807) is 0 Å². The van der Waals surface area contributed by atoms with Crippen molar-refractivity contribution in [1.29, 1.82) is 0 Å². The Bertz CT molecular complexity index is 10400. The molecule has 0 spiro atoms. The molecule has 0 aliphatic carbocycles. The van der Waals surface area contributed by atoms with Crippen LogP contribution in [-0.2, 0) is 0 Å². The van der Waals surface area contributed by atoms with Crippen molar-refractivity contribution in [2.45, 2.75) is 0 Å². The van der Waals surface area contributed by atoms with Crippen LogP contribution in [-0.4, -0.2) is 32.4 Å². The monoisotopic (exact) mass is 1880 g/mol. The quantitative estimate of drug-likeness (QED) is 0.107. The van der Waals surface area contributed by atoms with Crippen LogP contribution in [0.1, 0.15) is 0 Å². The molecule has 30 rings (SSSR count). The van der Waals surface area contributed by atoms with Gasteiger partial charge in [-0.05, 0) is 276 Å². The molecule has 7 nitrogen and oxygen atoms in total. The molecule has 7 heterocycles. The number of benzene rings is 23. The maximum atomic E-state index is 4.18. The molecule has 0 fully saturated rings. The number of hydrogen-bond acceptors (Lipinski definition) is 1. The Kier molecular flexibility index (Phi) is 21.2. The lowest BCUT2D eigenvalue weighted by atomic mass is 10.0. The van der Waals surface area contributed by atoms with Crippen molar-refractivity contribution in [2.24, 2.45) is 0 Å². The average Bonchev–Trinajstić information content (AvgIpc) is 1.58. The van der Waals surface area contributed by atoms with Crippen LogP contribution < -0.4 is 0 Å². The Morgan fingerprint density at radius 2 is 0.311 bits per heavy atom. The van der Waals surface area contributed by atoms with E-state index in [4.69, 9.17) is 0 Å². The lowest BCUT2D eigenvalue weighted by Gasteiger charge is -2.11. The second kappa shape index (κ2) is 36.4. The Labute approximate surface area is 855 Å². The Morgan fingerprint density at radius 3 is 0.649 bits per heavy atom. The zero-order valence-corrected chi connectivity index (χ0v) is 80.8. The summed E-state index contributed by atoms with van der Waals surface area (Å²) in [6.07, 6.45) is 3.68. The first-order chi connectivity index (χ1) is 73.4. The smallest absolute Gasteiger partial charge is 0.0547 e. The van der Waals surface area contributed by atoms with Crippen molar-refractivity contribution in [3.8, 4) is 123 Å². The largest absolute Gasteiger partial charge is 0.309 e. The van der Waals surface area contributed by atoms with Crippen molar-refractivity contribution in [3.05, 3.63) is 564 Å². The number of para-hydroxylation sites is 6. The second-order valence-corrected chi connectivity index (χ2v) is 38.5. The van der Waals surface area contributed by atoms with Gasteiger partial charge < -0.3 is 27.4 Å². The van der Waals surface area contributed by atoms with Gasteiger partial charge in [0.2, 0.25) is 0 Å². The number of hydrogen-bond donors (Lipinski definition) is 0. The second-order valence-electron chi connectivity index (χ2n) is 38.5. The van der Waals surface area contributed by atoms with E-state index in [1.165, 1.54) is 236 Å². The van der Waals surface area contributed by atoms with Crippen LogP contribution in [0.25, 0.3) is 265 Å². The van der Waals surface area contributed by atoms with Crippen molar-refractivity contribution in [3.63, 3.8) is 0 Å². The molecular formula is C141H93N7. The molecule has 692 valence electrons. The van der Waals surface area contributed by atoms with E-state index >= 15 is 0 Å². The Hall–Kier alpha value is -19.7. The predicted octanol–water partition coefficient (Wildman–Crippen LogP) is 37.5. The van der Waals surface area contributed by atoms with Gasteiger partial charge in [0.1, 0.15) is 0 Å². The van der Waals surface area contributed by atoms with Crippen LogP contribution in [0, 0.1) is 0 Å². The third kappa shape index (κ3) is 15.1. The van der Waals surface area contributed by atoms with E-state index in [9.17, 15) is 0 Å². The molecule has 0 bridgehead atoms. The summed E-state index contributed by atoms with van der Waals surface area (Å²) in [5.41, 5.74) is 40.8. The summed E-state index contributed by atoms with van der Waals surface area (Å²) < 4.78 is 14.4. The standard InChI is InChI=1S/C48H32N2.C47H31N3.C46H30N2/c1-3-12-33(13-4-1)35-22-26-39(27-23-35)49-45-20-9-7-18-41(45)43-28-24-38(32-48(43)49)37-25-29-47-44(31-37)42-19-8-10-21-46(42)50(47)40-17-11-16-36(30-40)34-14-5-2-6-15-34;1-2-8-32(9-3-1)33-14-22-39(23-15-33)50-44-12-6-4-10-40(44)42-24-18-37(31-47(42)50)36-19-25-46-43(30-36)41-11-5-7-13-45(41)49(46)38-20-16-34(17-21-38)35-26-28-48-29-27-35;1-2-10-31(11-3-1)33-18-23-37(24-19-33)47-43-16-8-6-14-39(43)41-26-21-36(30-46(41)47)35-22-27-45-42(29-35)40-15-7-9-17-44(40)48(45)38-25-20-32-12-4-5-13-34(32)28-38/h1-32H;1-31H;1-30H. The number of rotatable bonds is 14. The fraction of sp³-hybridized carbons (Fsp3) is 0. The zero-order valence-electron chi connectivity index (χ0n) is 80.8. The third-order valence-corrected chi connectivity index (χ3v) is 30.1. The van der Waals surface area contributed by atoms with Gasteiger partial charge in [0.05, 0.1) is 66.2 Å². The maximum absolute atomic E-state index is 4.18. The molecular weight excluding hydrogens is 1790 g/mol. The first kappa shape index (κ1) is 86.2. The number of nitrogens with zero attached hydrogens (tertiary/aromatic N) is 7. The van der Waals surface area contributed by atoms with Gasteiger partial charge in [-0.15, -0.1) is 0 Å². The van der Waals surface area contributed by atoms with Crippen molar-refractivity contribution < 1.29 is 0 Å². The van der Waals surface area contributed by atoms with Crippen molar-refractivity contribution in [2.75, 3.05) is 0 Å². The third-order valence-electron chi connectivity index (χ3n) is 30.1. The fourth-order valence-corrected chi connectivity index (χ4v) is 23.0. The average molecular weight is 1890 g/mol. The highest BCUT2D eigenvalue weighted by molar-refractivity contribution is 6.17. The molecule has 0 amide bonds. The zero-order chi connectivity index (χ0) is 97.6. The number of aromatic nitrogens is 7. The molecule has 0 aliphatic heterocycles. The van der Waals surface area contributed by atoms with Gasteiger partial charge in [0.25, 0.3) is 0 Å².